The molecule has 2 aromatic carbocycles. The number of hydrogen-bond donors (Lipinski definition) is 0. The van der Waals surface area contributed by atoms with E-state index in [2.05, 4.69) is 9.97 Å². The number of benzene rings is 2. The Hall–Kier alpha value is -3.48. The third-order valence-corrected chi connectivity index (χ3v) is 4.05. The number of para-hydroxylation sites is 1. The summed E-state index contributed by atoms with van der Waals surface area (Å²) >= 11 is 0. The second kappa shape index (κ2) is 5.01. The van der Waals surface area contributed by atoms with Gasteiger partial charge in [-0.25, -0.2) is 14.4 Å². The lowest BCUT2D eigenvalue weighted by molar-refractivity contribution is 0.501. The molecule has 3 heterocycles. The largest absolute Gasteiger partial charge is 0.448 e. The van der Waals surface area contributed by atoms with E-state index in [0.29, 0.717) is 28.1 Å². The number of furan rings is 1. The summed E-state index contributed by atoms with van der Waals surface area (Å²) in [5, 5.41) is 0.791. The van der Waals surface area contributed by atoms with Crippen molar-refractivity contribution in [3.05, 3.63) is 70.9 Å². The van der Waals surface area contributed by atoms with Crippen LogP contribution in [-0.2, 0) is 6.54 Å². The van der Waals surface area contributed by atoms with Crippen LogP contribution in [0, 0.1) is 5.82 Å². The van der Waals surface area contributed by atoms with Crippen LogP contribution >= 0.6 is 0 Å². The van der Waals surface area contributed by atoms with Crippen LogP contribution in [0.5, 0.6) is 0 Å². The molecule has 6 nitrogen and oxygen atoms in total. The highest BCUT2D eigenvalue weighted by Gasteiger charge is 2.15. The Balaban J connectivity index is 1.63. The maximum atomic E-state index is 13.3. The number of fused-ring (bicyclic) bond motifs is 4. The van der Waals surface area contributed by atoms with E-state index in [9.17, 15) is 9.18 Å². The summed E-state index contributed by atoms with van der Waals surface area (Å²) in [5.41, 5.74) is 1.86. The van der Waals surface area contributed by atoms with Gasteiger partial charge in [0.2, 0.25) is 11.5 Å². The molecule has 5 rings (SSSR count). The molecule has 0 N–H and O–H groups in total. The fourth-order valence-electron chi connectivity index (χ4n) is 2.89. The van der Waals surface area contributed by atoms with Gasteiger partial charge in [0.05, 0.1) is 6.33 Å². The molecule has 25 heavy (non-hydrogen) atoms. The molecule has 0 saturated carbocycles. The summed E-state index contributed by atoms with van der Waals surface area (Å²) in [6, 6.07) is 11.4. The average Bonchev–Trinajstić information content (AvgIpc) is 3.18. The maximum absolute atomic E-state index is 13.3. The van der Waals surface area contributed by atoms with E-state index in [1.807, 2.05) is 18.2 Å². The average molecular weight is 335 g/mol. The molecule has 5 aromatic rings. The van der Waals surface area contributed by atoms with Crippen molar-refractivity contribution in [2.75, 3.05) is 0 Å². The fraction of sp³-hybridized carbons (Fsp3) is 0.0556. The van der Waals surface area contributed by atoms with Gasteiger partial charge in [-0.15, -0.1) is 0 Å². The summed E-state index contributed by atoms with van der Waals surface area (Å²) in [6.45, 7) is 0.0785. The molecule has 122 valence electrons. The van der Waals surface area contributed by atoms with Gasteiger partial charge in [-0.3, -0.25) is 9.36 Å². The van der Waals surface area contributed by atoms with Crippen molar-refractivity contribution < 1.29 is 13.2 Å². The second-order valence-electron chi connectivity index (χ2n) is 5.67. The first kappa shape index (κ1) is 13.9. The van der Waals surface area contributed by atoms with Crippen LogP contribution in [0.15, 0.2) is 62.4 Å². The molecule has 0 aliphatic rings. The zero-order chi connectivity index (χ0) is 17.0. The van der Waals surface area contributed by atoms with Gasteiger partial charge in [-0.05, 0) is 24.3 Å². The first-order valence-corrected chi connectivity index (χ1v) is 7.61. The lowest BCUT2D eigenvalue weighted by Gasteiger charge is -2.00. The molecule has 0 saturated heterocycles. The predicted octanol–water partition coefficient (Wildman–Crippen LogP) is 3.47. The molecule has 0 unspecified atom stereocenters. The van der Waals surface area contributed by atoms with E-state index in [0.717, 1.165) is 5.39 Å². The number of rotatable bonds is 2. The summed E-state index contributed by atoms with van der Waals surface area (Å²) in [5.74, 6) is -0.102. The van der Waals surface area contributed by atoms with Gasteiger partial charge in [-0.2, -0.15) is 0 Å². The summed E-state index contributed by atoms with van der Waals surface area (Å²) in [7, 11) is 0. The standard InChI is InChI=1S/C18H10FN3O3/c19-10-5-6-14-12(7-10)21-15(24-14)8-22-9-20-16-11-3-1-2-4-13(11)25-17(16)18(22)23/h1-7,9H,8H2. The summed E-state index contributed by atoms with van der Waals surface area (Å²) < 4.78 is 25.8. The normalized spacial score (nSPS) is 11.7. The van der Waals surface area contributed by atoms with Crippen LogP contribution < -0.4 is 5.56 Å². The Labute approximate surface area is 139 Å². The molecule has 0 amide bonds. The Morgan fingerprint density at radius 2 is 1.96 bits per heavy atom. The minimum Gasteiger partial charge on any atom is -0.448 e. The van der Waals surface area contributed by atoms with E-state index in [1.165, 1.54) is 29.1 Å². The van der Waals surface area contributed by atoms with Crippen LogP contribution in [-0.4, -0.2) is 14.5 Å². The highest BCUT2D eigenvalue weighted by molar-refractivity contribution is 6.01. The molecule has 0 radical (unpaired) electrons. The highest BCUT2D eigenvalue weighted by Crippen LogP contribution is 2.24. The van der Waals surface area contributed by atoms with Crippen molar-refractivity contribution in [3.8, 4) is 0 Å². The van der Waals surface area contributed by atoms with Crippen LogP contribution in [0.4, 0.5) is 4.39 Å². The van der Waals surface area contributed by atoms with Crippen molar-refractivity contribution in [1.29, 1.82) is 0 Å². The Kier molecular flexibility index (Phi) is 2.79. The van der Waals surface area contributed by atoms with Gasteiger partial charge >= 0.3 is 0 Å². The number of oxazole rings is 1. The molecule has 0 aliphatic carbocycles. The first-order valence-electron chi connectivity index (χ1n) is 7.61. The minimum atomic E-state index is -0.394. The molecule has 0 fully saturated rings. The van der Waals surface area contributed by atoms with E-state index in [4.69, 9.17) is 8.83 Å². The number of hydrogen-bond acceptors (Lipinski definition) is 5. The molecule has 0 atom stereocenters. The van der Waals surface area contributed by atoms with E-state index >= 15 is 0 Å². The van der Waals surface area contributed by atoms with E-state index in [-0.39, 0.29) is 17.7 Å². The molecule has 0 bridgehead atoms. The predicted molar refractivity (Wildman–Crippen MR) is 88.8 cm³/mol. The zero-order valence-corrected chi connectivity index (χ0v) is 12.8. The van der Waals surface area contributed by atoms with Crippen molar-refractivity contribution in [2.24, 2.45) is 0 Å². The SMILES string of the molecule is O=c1c2oc3ccccc3c2ncn1Cc1nc2cc(F)ccc2o1. The van der Waals surface area contributed by atoms with Crippen molar-refractivity contribution in [1.82, 2.24) is 14.5 Å². The molecular weight excluding hydrogens is 325 g/mol. The Bertz CT molecular complexity index is 1320. The van der Waals surface area contributed by atoms with Crippen molar-refractivity contribution >= 4 is 33.2 Å². The van der Waals surface area contributed by atoms with Crippen molar-refractivity contribution in [2.45, 2.75) is 6.54 Å². The molecule has 7 heteroatoms. The first-order chi connectivity index (χ1) is 12.2. The summed E-state index contributed by atoms with van der Waals surface area (Å²) in [6.07, 6.45) is 1.43. The number of halogens is 1. The Morgan fingerprint density at radius 1 is 1.08 bits per heavy atom. The van der Waals surface area contributed by atoms with Gasteiger partial charge in [0.15, 0.2) is 5.58 Å². The minimum absolute atomic E-state index is 0.0785. The van der Waals surface area contributed by atoms with Gasteiger partial charge in [0.1, 0.15) is 29.0 Å². The number of aromatic nitrogens is 3. The monoisotopic (exact) mass is 335 g/mol. The van der Waals surface area contributed by atoms with Crippen LogP contribution in [0.3, 0.4) is 0 Å². The molecular formula is C18H10FN3O3. The topological polar surface area (TPSA) is 74.1 Å². The van der Waals surface area contributed by atoms with Gasteiger partial charge in [0, 0.05) is 11.5 Å². The maximum Gasteiger partial charge on any atom is 0.297 e. The molecule has 0 aliphatic heterocycles. The highest BCUT2D eigenvalue weighted by atomic mass is 19.1. The van der Waals surface area contributed by atoms with Gasteiger partial charge in [-0.1, -0.05) is 12.1 Å². The zero-order valence-electron chi connectivity index (χ0n) is 12.8. The van der Waals surface area contributed by atoms with Crippen LogP contribution in [0.25, 0.3) is 33.2 Å². The Morgan fingerprint density at radius 3 is 2.88 bits per heavy atom. The fourth-order valence-corrected chi connectivity index (χ4v) is 2.89. The van der Waals surface area contributed by atoms with Gasteiger partial charge < -0.3 is 8.83 Å². The van der Waals surface area contributed by atoms with Crippen LogP contribution in [0.2, 0.25) is 0 Å². The quantitative estimate of drug-likeness (QED) is 0.494. The van der Waals surface area contributed by atoms with E-state index in [1.54, 1.807) is 6.07 Å². The second-order valence-corrected chi connectivity index (χ2v) is 5.67. The van der Waals surface area contributed by atoms with Crippen molar-refractivity contribution in [3.63, 3.8) is 0 Å². The third-order valence-electron chi connectivity index (χ3n) is 4.05. The lowest BCUT2D eigenvalue weighted by atomic mass is 10.2. The van der Waals surface area contributed by atoms with Gasteiger partial charge in [0.25, 0.3) is 5.56 Å². The van der Waals surface area contributed by atoms with E-state index < -0.39 is 5.82 Å². The lowest BCUT2D eigenvalue weighted by Crippen LogP contribution is -2.20. The number of nitrogens with zero attached hydrogens (tertiary/aromatic N) is 3. The summed E-state index contributed by atoms with van der Waals surface area (Å²) in [4.78, 5) is 21.2. The van der Waals surface area contributed by atoms with Crippen LogP contribution in [0.1, 0.15) is 5.89 Å². The molecule has 0 spiro atoms. The molecule has 3 aromatic heterocycles. The third kappa shape index (κ3) is 2.13. The smallest absolute Gasteiger partial charge is 0.297 e.